The Hall–Kier alpha value is -1.35. The number of carboxylic acids is 1. The van der Waals surface area contributed by atoms with Crippen molar-refractivity contribution in [2.75, 3.05) is 0 Å². The minimum atomic E-state index is -0.833. The van der Waals surface area contributed by atoms with Crippen molar-refractivity contribution in [3.8, 4) is 0 Å². The molecule has 0 heterocycles. The van der Waals surface area contributed by atoms with Crippen molar-refractivity contribution in [2.24, 2.45) is 0 Å². The third-order valence-corrected chi connectivity index (χ3v) is 1.69. The van der Waals surface area contributed by atoms with E-state index in [1.807, 2.05) is 25.1 Å². The van der Waals surface area contributed by atoms with Crippen molar-refractivity contribution >= 4 is 5.97 Å². The summed E-state index contributed by atoms with van der Waals surface area (Å²) in [5.41, 5.74) is 1.30. The second-order valence-corrected chi connectivity index (χ2v) is 3.39. The number of carbonyl (C=O) groups is 1. The summed E-state index contributed by atoms with van der Waals surface area (Å²) in [6.45, 7) is 2.91. The number of aliphatic hydroxyl groups excluding tert-OH is 1. The molecule has 0 saturated carbocycles. The molecule has 1 aromatic carbocycles. The summed E-state index contributed by atoms with van der Waals surface area (Å²) < 4.78 is 0. The Labute approximate surface area is 90.4 Å². The average Bonchev–Trinajstić information content (AvgIpc) is 2.15. The molecule has 0 fully saturated rings. The fourth-order valence-corrected chi connectivity index (χ4v) is 1.02. The standard InChI is InChI=1S/C10H14O.C2H4O2/c1-9(11)7-8-10-5-3-2-4-6-10;1-2(3)4/h2-6,9,11H,7-8H2,1H3;1H3,(H,3,4). The first kappa shape index (κ1) is 13.7. The van der Waals surface area contributed by atoms with E-state index in [-0.39, 0.29) is 6.10 Å². The number of benzene rings is 1. The first-order valence-corrected chi connectivity index (χ1v) is 4.94. The second kappa shape index (κ2) is 8.00. The van der Waals surface area contributed by atoms with Gasteiger partial charge in [-0.15, -0.1) is 0 Å². The Morgan fingerprint density at radius 1 is 1.33 bits per heavy atom. The minimum absolute atomic E-state index is 0.185. The molecule has 3 nitrogen and oxygen atoms in total. The third kappa shape index (κ3) is 10.6. The Balaban J connectivity index is 0.000000423. The topological polar surface area (TPSA) is 57.5 Å². The van der Waals surface area contributed by atoms with Crippen LogP contribution in [0.15, 0.2) is 30.3 Å². The SMILES string of the molecule is CC(=O)O.CC(O)CCc1ccccc1. The van der Waals surface area contributed by atoms with Gasteiger partial charge in [-0.3, -0.25) is 4.79 Å². The van der Waals surface area contributed by atoms with Crippen LogP contribution in [-0.4, -0.2) is 22.3 Å². The molecular weight excluding hydrogens is 192 g/mol. The molecule has 84 valence electrons. The molecular formula is C12H18O3. The van der Waals surface area contributed by atoms with Crippen molar-refractivity contribution in [1.82, 2.24) is 0 Å². The molecule has 3 heteroatoms. The molecule has 0 amide bonds. The average molecular weight is 210 g/mol. The predicted octanol–water partition coefficient (Wildman–Crippen LogP) is 2.09. The zero-order chi connectivity index (χ0) is 11.7. The first-order chi connectivity index (χ1) is 7.02. The predicted molar refractivity (Wildman–Crippen MR) is 59.8 cm³/mol. The van der Waals surface area contributed by atoms with E-state index in [9.17, 15) is 0 Å². The van der Waals surface area contributed by atoms with Crippen molar-refractivity contribution < 1.29 is 15.0 Å². The fourth-order valence-electron chi connectivity index (χ4n) is 1.02. The lowest BCUT2D eigenvalue weighted by atomic mass is 10.1. The second-order valence-electron chi connectivity index (χ2n) is 3.39. The number of aliphatic hydroxyl groups is 1. The maximum atomic E-state index is 9.01. The molecule has 15 heavy (non-hydrogen) atoms. The van der Waals surface area contributed by atoms with Gasteiger partial charge in [0.1, 0.15) is 0 Å². The largest absolute Gasteiger partial charge is 0.481 e. The van der Waals surface area contributed by atoms with Gasteiger partial charge >= 0.3 is 0 Å². The monoisotopic (exact) mass is 210 g/mol. The number of hydrogen-bond donors (Lipinski definition) is 2. The summed E-state index contributed by atoms with van der Waals surface area (Å²) in [6.07, 6.45) is 1.64. The van der Waals surface area contributed by atoms with Gasteiger partial charge in [0.05, 0.1) is 6.10 Å². The van der Waals surface area contributed by atoms with Gasteiger partial charge in [0.25, 0.3) is 5.97 Å². The molecule has 1 atom stereocenters. The summed E-state index contributed by atoms with van der Waals surface area (Å²) in [5, 5.41) is 16.4. The number of hydrogen-bond acceptors (Lipinski definition) is 2. The number of carboxylic acid groups (broad SMARTS) is 1. The van der Waals surface area contributed by atoms with Crippen LogP contribution in [0, 0.1) is 0 Å². The van der Waals surface area contributed by atoms with E-state index < -0.39 is 5.97 Å². The highest BCUT2D eigenvalue weighted by molar-refractivity contribution is 5.62. The van der Waals surface area contributed by atoms with Crippen molar-refractivity contribution in [1.29, 1.82) is 0 Å². The molecule has 2 N–H and O–H groups in total. The Morgan fingerprint density at radius 2 is 1.80 bits per heavy atom. The van der Waals surface area contributed by atoms with Gasteiger partial charge in [-0.05, 0) is 25.3 Å². The highest BCUT2D eigenvalue weighted by atomic mass is 16.4. The quantitative estimate of drug-likeness (QED) is 0.803. The van der Waals surface area contributed by atoms with Crippen LogP contribution in [0.5, 0.6) is 0 Å². The molecule has 0 aliphatic rings. The molecule has 0 aliphatic heterocycles. The number of aryl methyl sites for hydroxylation is 1. The summed E-state index contributed by atoms with van der Waals surface area (Å²) in [6, 6.07) is 10.2. The van der Waals surface area contributed by atoms with Crippen LogP contribution in [0.25, 0.3) is 0 Å². The molecule has 0 aromatic heterocycles. The van der Waals surface area contributed by atoms with Gasteiger partial charge in [0.2, 0.25) is 0 Å². The molecule has 0 spiro atoms. The summed E-state index contributed by atoms with van der Waals surface area (Å²) in [5.74, 6) is -0.833. The van der Waals surface area contributed by atoms with Crippen molar-refractivity contribution in [3.63, 3.8) is 0 Å². The maximum Gasteiger partial charge on any atom is 0.300 e. The number of aliphatic carboxylic acids is 1. The zero-order valence-electron chi connectivity index (χ0n) is 9.18. The van der Waals surface area contributed by atoms with E-state index in [1.54, 1.807) is 0 Å². The molecule has 1 aromatic rings. The van der Waals surface area contributed by atoms with Gasteiger partial charge in [-0.1, -0.05) is 30.3 Å². The Morgan fingerprint density at radius 3 is 2.20 bits per heavy atom. The van der Waals surface area contributed by atoms with E-state index in [1.165, 1.54) is 5.56 Å². The van der Waals surface area contributed by atoms with Crippen molar-refractivity contribution in [3.05, 3.63) is 35.9 Å². The van der Waals surface area contributed by atoms with Crippen LogP contribution < -0.4 is 0 Å². The molecule has 0 radical (unpaired) electrons. The van der Waals surface area contributed by atoms with Gasteiger partial charge in [-0.25, -0.2) is 0 Å². The van der Waals surface area contributed by atoms with E-state index in [2.05, 4.69) is 12.1 Å². The molecule has 1 rings (SSSR count). The smallest absolute Gasteiger partial charge is 0.300 e. The van der Waals surface area contributed by atoms with E-state index in [0.717, 1.165) is 19.8 Å². The third-order valence-electron chi connectivity index (χ3n) is 1.69. The van der Waals surface area contributed by atoms with E-state index in [4.69, 9.17) is 15.0 Å². The molecule has 0 bridgehead atoms. The lowest BCUT2D eigenvalue weighted by Gasteiger charge is -2.02. The zero-order valence-corrected chi connectivity index (χ0v) is 9.18. The molecule has 1 unspecified atom stereocenters. The minimum Gasteiger partial charge on any atom is -0.481 e. The van der Waals surface area contributed by atoms with Gasteiger partial charge in [0, 0.05) is 6.92 Å². The van der Waals surface area contributed by atoms with Gasteiger partial charge < -0.3 is 10.2 Å². The fraction of sp³-hybridized carbons (Fsp3) is 0.417. The van der Waals surface area contributed by atoms with Crippen LogP contribution in [0.2, 0.25) is 0 Å². The van der Waals surface area contributed by atoms with Crippen LogP contribution in [0.3, 0.4) is 0 Å². The van der Waals surface area contributed by atoms with Crippen LogP contribution in [0.4, 0.5) is 0 Å². The van der Waals surface area contributed by atoms with Gasteiger partial charge in [-0.2, -0.15) is 0 Å². The Bertz CT molecular complexity index is 263. The van der Waals surface area contributed by atoms with Crippen LogP contribution >= 0.6 is 0 Å². The lowest BCUT2D eigenvalue weighted by Crippen LogP contribution is -2.00. The Kier molecular flexibility index (Phi) is 7.28. The highest BCUT2D eigenvalue weighted by Crippen LogP contribution is 2.03. The summed E-state index contributed by atoms with van der Waals surface area (Å²) in [4.78, 5) is 9.00. The maximum absolute atomic E-state index is 9.01. The summed E-state index contributed by atoms with van der Waals surface area (Å²) >= 11 is 0. The molecule has 0 aliphatic carbocycles. The van der Waals surface area contributed by atoms with Crippen LogP contribution in [0.1, 0.15) is 25.8 Å². The number of rotatable bonds is 3. The van der Waals surface area contributed by atoms with Gasteiger partial charge in [0.15, 0.2) is 0 Å². The highest BCUT2D eigenvalue weighted by Gasteiger charge is 1.95. The van der Waals surface area contributed by atoms with Crippen molar-refractivity contribution in [2.45, 2.75) is 32.8 Å². The lowest BCUT2D eigenvalue weighted by molar-refractivity contribution is -0.134. The molecule has 0 saturated heterocycles. The van der Waals surface area contributed by atoms with E-state index >= 15 is 0 Å². The van der Waals surface area contributed by atoms with E-state index in [0.29, 0.717) is 0 Å². The summed E-state index contributed by atoms with van der Waals surface area (Å²) in [7, 11) is 0. The first-order valence-electron chi connectivity index (χ1n) is 4.94. The normalized spacial score (nSPS) is 11.1. The van der Waals surface area contributed by atoms with Crippen LogP contribution in [-0.2, 0) is 11.2 Å².